The van der Waals surface area contributed by atoms with Crippen molar-refractivity contribution >= 4 is 34.5 Å². The number of hydrazine groups is 1. The van der Waals surface area contributed by atoms with E-state index in [1.807, 2.05) is 38.1 Å². The smallest absolute Gasteiger partial charge is 0.259 e. The van der Waals surface area contributed by atoms with Crippen molar-refractivity contribution in [3.63, 3.8) is 0 Å². The van der Waals surface area contributed by atoms with E-state index >= 15 is 0 Å². The highest BCUT2D eigenvalue weighted by molar-refractivity contribution is 8.13. The molecule has 3 N–H and O–H groups in total. The number of benzene rings is 1. The molecule has 9 heteroatoms. The van der Waals surface area contributed by atoms with E-state index in [0.717, 1.165) is 31.2 Å². The molecule has 0 spiro atoms. The van der Waals surface area contributed by atoms with E-state index in [1.165, 1.54) is 16.8 Å². The van der Waals surface area contributed by atoms with Crippen LogP contribution in [0, 0.1) is 5.92 Å². The monoisotopic (exact) mass is 571 g/mol. The Morgan fingerprint density at radius 3 is 2.60 bits per heavy atom. The average molecular weight is 572 g/mol. The molecule has 1 fully saturated rings. The average Bonchev–Trinajstić information content (AvgIpc) is 2.90. The van der Waals surface area contributed by atoms with Crippen LogP contribution in [0.25, 0.3) is 0 Å². The number of carbonyl (C=O) groups excluding carboxylic acids is 4. The maximum absolute atomic E-state index is 13.5. The summed E-state index contributed by atoms with van der Waals surface area (Å²) in [5.41, 5.74) is 3.84. The SMILES string of the molecule is CC(=O)CCCC/C=C/C=C/CCSC(=O)[C@@H]1CCCN(C(=O)[C@H](Cc2cccc(O)c2)NC(=O)CC(C)C)N1. The number of phenols is 1. The lowest BCUT2D eigenvalue weighted by molar-refractivity contribution is -0.142. The fourth-order valence-corrected chi connectivity index (χ4v) is 5.19. The molecule has 0 saturated carbocycles. The summed E-state index contributed by atoms with van der Waals surface area (Å²) in [6.45, 7) is 5.96. The summed E-state index contributed by atoms with van der Waals surface area (Å²) in [5, 5.41) is 14.2. The molecule has 1 saturated heterocycles. The second-order valence-corrected chi connectivity index (χ2v) is 11.8. The van der Waals surface area contributed by atoms with Gasteiger partial charge in [-0.25, -0.2) is 5.43 Å². The molecule has 2 atom stereocenters. The van der Waals surface area contributed by atoms with Crippen LogP contribution in [-0.2, 0) is 25.6 Å². The maximum atomic E-state index is 13.5. The third kappa shape index (κ3) is 13.4. The zero-order valence-electron chi connectivity index (χ0n) is 24.1. The highest BCUT2D eigenvalue weighted by atomic mass is 32.2. The van der Waals surface area contributed by atoms with Crippen molar-refractivity contribution in [3.05, 3.63) is 54.1 Å². The van der Waals surface area contributed by atoms with Crippen molar-refractivity contribution in [2.24, 2.45) is 5.92 Å². The Morgan fingerprint density at radius 2 is 1.90 bits per heavy atom. The first-order valence-electron chi connectivity index (χ1n) is 14.3. The van der Waals surface area contributed by atoms with E-state index in [2.05, 4.69) is 16.8 Å². The van der Waals surface area contributed by atoms with Crippen LogP contribution in [0.3, 0.4) is 0 Å². The lowest BCUT2D eigenvalue weighted by atomic mass is 10.0. The van der Waals surface area contributed by atoms with Crippen molar-refractivity contribution in [1.29, 1.82) is 0 Å². The molecule has 0 aromatic heterocycles. The van der Waals surface area contributed by atoms with Gasteiger partial charge < -0.3 is 15.2 Å². The number of hydrogen-bond acceptors (Lipinski definition) is 7. The number of allylic oxidation sites excluding steroid dienone is 4. The second kappa shape index (κ2) is 18.4. The summed E-state index contributed by atoms with van der Waals surface area (Å²) < 4.78 is 0. The number of aromatic hydroxyl groups is 1. The summed E-state index contributed by atoms with van der Waals surface area (Å²) in [5.74, 6) is 0.641. The molecule has 1 aliphatic heterocycles. The third-order valence-electron chi connectivity index (χ3n) is 6.38. The van der Waals surface area contributed by atoms with Crippen LogP contribution >= 0.6 is 11.8 Å². The Morgan fingerprint density at radius 1 is 1.15 bits per heavy atom. The summed E-state index contributed by atoms with van der Waals surface area (Å²) in [6.07, 6.45) is 14.3. The predicted octanol–water partition coefficient (Wildman–Crippen LogP) is 4.87. The summed E-state index contributed by atoms with van der Waals surface area (Å²) in [7, 11) is 0. The van der Waals surface area contributed by atoms with Crippen molar-refractivity contribution in [2.75, 3.05) is 12.3 Å². The van der Waals surface area contributed by atoms with E-state index in [1.54, 1.807) is 25.1 Å². The summed E-state index contributed by atoms with van der Waals surface area (Å²) in [4.78, 5) is 49.8. The van der Waals surface area contributed by atoms with Crippen LogP contribution in [0.4, 0.5) is 0 Å². The Bertz CT molecular complexity index is 1040. The molecular formula is C31H45N3O5S. The van der Waals surface area contributed by atoms with Gasteiger partial charge in [-0.2, -0.15) is 0 Å². The van der Waals surface area contributed by atoms with E-state index in [4.69, 9.17) is 0 Å². The lowest BCUT2D eigenvalue weighted by Crippen LogP contribution is -2.60. The number of amides is 2. The quantitative estimate of drug-likeness (QED) is 0.191. The van der Waals surface area contributed by atoms with Crippen molar-refractivity contribution in [1.82, 2.24) is 15.8 Å². The van der Waals surface area contributed by atoms with E-state index in [-0.39, 0.29) is 40.8 Å². The van der Waals surface area contributed by atoms with Gasteiger partial charge in [0.1, 0.15) is 17.6 Å². The predicted molar refractivity (Wildman–Crippen MR) is 161 cm³/mol. The first kappa shape index (κ1) is 33.3. The Kier molecular flexibility index (Phi) is 15.4. The van der Waals surface area contributed by atoms with Gasteiger partial charge in [0.25, 0.3) is 5.91 Å². The van der Waals surface area contributed by atoms with Gasteiger partial charge >= 0.3 is 0 Å². The largest absolute Gasteiger partial charge is 0.508 e. The molecule has 2 rings (SSSR count). The normalized spacial score (nSPS) is 16.5. The van der Waals surface area contributed by atoms with Crippen molar-refractivity contribution in [3.8, 4) is 5.75 Å². The molecule has 220 valence electrons. The number of ketones is 1. The van der Waals surface area contributed by atoms with E-state index < -0.39 is 12.1 Å². The van der Waals surface area contributed by atoms with Gasteiger partial charge in [-0.3, -0.25) is 19.4 Å². The highest BCUT2D eigenvalue weighted by Gasteiger charge is 2.32. The van der Waals surface area contributed by atoms with Crippen LogP contribution in [0.5, 0.6) is 5.75 Å². The number of thioether (sulfide) groups is 1. The van der Waals surface area contributed by atoms with E-state index in [0.29, 0.717) is 38.0 Å². The van der Waals surface area contributed by atoms with Crippen molar-refractivity contribution in [2.45, 2.75) is 90.6 Å². The number of unbranched alkanes of at least 4 members (excludes halogenated alkanes) is 2. The molecular weight excluding hydrogens is 526 g/mol. The zero-order valence-corrected chi connectivity index (χ0v) is 24.9. The molecule has 8 nitrogen and oxygen atoms in total. The zero-order chi connectivity index (χ0) is 29.3. The molecule has 0 unspecified atom stereocenters. The van der Waals surface area contributed by atoms with Crippen LogP contribution in [0.2, 0.25) is 0 Å². The lowest BCUT2D eigenvalue weighted by Gasteiger charge is -2.35. The minimum absolute atomic E-state index is 0.000267. The molecule has 1 aliphatic rings. The molecule has 2 amide bonds. The van der Waals surface area contributed by atoms with Crippen LogP contribution < -0.4 is 10.7 Å². The number of rotatable bonds is 16. The number of carbonyl (C=O) groups is 4. The number of phenolic OH excluding ortho intramolecular Hbond substituents is 1. The van der Waals surface area contributed by atoms with Gasteiger partial charge in [0.2, 0.25) is 11.0 Å². The topological polar surface area (TPSA) is 116 Å². The maximum Gasteiger partial charge on any atom is 0.259 e. The summed E-state index contributed by atoms with van der Waals surface area (Å²) in [6, 6.07) is 5.39. The molecule has 1 aromatic rings. The number of hydrogen-bond donors (Lipinski definition) is 3. The molecule has 0 aliphatic carbocycles. The fourth-order valence-electron chi connectivity index (χ4n) is 4.36. The van der Waals surface area contributed by atoms with Gasteiger partial charge in [0.15, 0.2) is 0 Å². The first-order chi connectivity index (χ1) is 19.2. The van der Waals surface area contributed by atoms with Gasteiger partial charge in [0.05, 0.1) is 6.04 Å². The second-order valence-electron chi connectivity index (χ2n) is 10.7. The molecule has 0 bridgehead atoms. The van der Waals surface area contributed by atoms with Gasteiger partial charge in [-0.1, -0.05) is 62.0 Å². The van der Waals surface area contributed by atoms with Crippen LogP contribution in [-0.4, -0.2) is 57.2 Å². The third-order valence-corrected chi connectivity index (χ3v) is 7.38. The molecule has 0 radical (unpaired) electrons. The minimum Gasteiger partial charge on any atom is -0.508 e. The Labute approximate surface area is 243 Å². The molecule has 1 aromatic carbocycles. The van der Waals surface area contributed by atoms with Gasteiger partial charge in [-0.15, -0.1) is 0 Å². The van der Waals surface area contributed by atoms with E-state index in [9.17, 15) is 24.3 Å². The van der Waals surface area contributed by atoms with Crippen LogP contribution in [0.15, 0.2) is 48.6 Å². The minimum atomic E-state index is -0.811. The first-order valence-corrected chi connectivity index (χ1v) is 15.3. The Balaban J connectivity index is 1.85. The number of nitrogens with one attached hydrogen (secondary N) is 2. The van der Waals surface area contributed by atoms with Gasteiger partial charge in [0, 0.05) is 31.6 Å². The van der Waals surface area contributed by atoms with Crippen molar-refractivity contribution < 1.29 is 24.3 Å². The standard InChI is InChI=1S/C31H45N3O5S/c1-23(2)20-29(37)32-28(22-25-15-12-16-26(36)21-25)30(38)34-18-13-17-27(33-34)31(39)40-19-11-9-7-5-4-6-8-10-14-24(3)35/h4-5,7,9,12,15-16,21,23,27-28,33,36H,6,8,10-11,13-14,17-20,22H2,1-3H3,(H,32,37)/b5-4+,9-7+/t27-,28-/m0/s1. The number of nitrogens with zero attached hydrogens (tertiary/aromatic N) is 1. The summed E-state index contributed by atoms with van der Waals surface area (Å²) >= 11 is 1.26. The Hall–Kier alpha value is -2.91. The number of Topliss-reactive ketones (excluding diaryl/α,β-unsaturated/α-hetero) is 1. The highest BCUT2D eigenvalue weighted by Crippen LogP contribution is 2.18. The van der Waals surface area contributed by atoms with Crippen LogP contribution in [0.1, 0.15) is 77.7 Å². The van der Waals surface area contributed by atoms with Gasteiger partial charge in [-0.05, 0) is 69.1 Å². The fraction of sp³-hybridized carbons (Fsp3) is 0.548. The molecule has 1 heterocycles. The molecule has 40 heavy (non-hydrogen) atoms.